The fraction of sp³-hybridized carbons (Fsp3) is 0.188. The fourth-order valence-electron chi connectivity index (χ4n) is 1.77. The van der Waals surface area contributed by atoms with E-state index in [9.17, 15) is 9.18 Å². The zero-order valence-electron chi connectivity index (χ0n) is 11.4. The van der Waals surface area contributed by atoms with Crippen molar-refractivity contribution in [2.45, 2.75) is 13.0 Å². The first-order chi connectivity index (χ1) is 10.2. The molecule has 0 aliphatic heterocycles. The maximum absolute atomic E-state index is 13.7. The first-order valence-electron chi connectivity index (χ1n) is 6.45. The molecule has 1 amide bonds. The summed E-state index contributed by atoms with van der Waals surface area (Å²) in [6.07, 6.45) is 0.311. The Morgan fingerprint density at radius 3 is 2.95 bits per heavy atom. The summed E-state index contributed by atoms with van der Waals surface area (Å²) in [5.41, 5.74) is 6.40. The van der Waals surface area contributed by atoms with Crippen molar-refractivity contribution in [1.29, 1.82) is 0 Å². The van der Waals surface area contributed by atoms with Crippen LogP contribution in [0.25, 0.3) is 0 Å². The number of benzene rings is 1. The SMILES string of the molecule is NCC#Cc1ccc(F)c(CNC(=O)Cc2cccs2)c1. The van der Waals surface area contributed by atoms with Gasteiger partial charge in [0.1, 0.15) is 5.82 Å². The summed E-state index contributed by atoms with van der Waals surface area (Å²) >= 11 is 1.52. The number of thiophene rings is 1. The van der Waals surface area contributed by atoms with Crippen molar-refractivity contribution < 1.29 is 9.18 Å². The standard InChI is InChI=1S/C16H15FN2OS/c17-15-6-5-12(3-1-7-18)9-13(15)11-19-16(20)10-14-4-2-8-21-14/h2,4-6,8-9H,7,10-11,18H2,(H,19,20). The molecule has 3 N–H and O–H groups in total. The van der Waals surface area contributed by atoms with Gasteiger partial charge in [-0.05, 0) is 29.6 Å². The van der Waals surface area contributed by atoms with Crippen molar-refractivity contribution in [2.24, 2.45) is 5.73 Å². The third-order valence-electron chi connectivity index (χ3n) is 2.77. The molecule has 0 aliphatic carbocycles. The van der Waals surface area contributed by atoms with Crippen LogP contribution < -0.4 is 11.1 Å². The van der Waals surface area contributed by atoms with Crippen LogP contribution >= 0.6 is 11.3 Å². The first kappa shape index (κ1) is 15.2. The predicted molar refractivity (Wildman–Crippen MR) is 82.2 cm³/mol. The number of rotatable bonds is 4. The summed E-state index contributed by atoms with van der Waals surface area (Å²) in [5.74, 6) is 5.07. The van der Waals surface area contributed by atoms with Gasteiger partial charge in [-0.25, -0.2) is 4.39 Å². The van der Waals surface area contributed by atoms with Crippen molar-refractivity contribution in [3.8, 4) is 11.8 Å². The molecule has 0 atom stereocenters. The van der Waals surface area contributed by atoms with Crippen molar-refractivity contribution in [1.82, 2.24) is 5.32 Å². The quantitative estimate of drug-likeness (QED) is 0.849. The van der Waals surface area contributed by atoms with Crippen molar-refractivity contribution in [3.05, 3.63) is 57.5 Å². The Morgan fingerprint density at radius 2 is 2.24 bits per heavy atom. The molecule has 2 rings (SSSR count). The number of hydrogen-bond acceptors (Lipinski definition) is 3. The highest BCUT2D eigenvalue weighted by atomic mass is 32.1. The number of carbonyl (C=O) groups is 1. The second-order valence-corrected chi connectivity index (χ2v) is 5.38. The van der Waals surface area contributed by atoms with Crippen molar-refractivity contribution >= 4 is 17.2 Å². The lowest BCUT2D eigenvalue weighted by molar-refractivity contribution is -0.120. The Labute approximate surface area is 127 Å². The van der Waals surface area contributed by atoms with Gasteiger partial charge in [-0.3, -0.25) is 4.79 Å². The highest BCUT2D eigenvalue weighted by Crippen LogP contribution is 2.11. The third-order valence-corrected chi connectivity index (χ3v) is 3.65. The predicted octanol–water partition coefficient (Wildman–Crippen LogP) is 2.06. The van der Waals surface area contributed by atoms with Crippen LogP contribution in [0.3, 0.4) is 0 Å². The van der Waals surface area contributed by atoms with Crippen LogP contribution in [0.4, 0.5) is 4.39 Å². The van der Waals surface area contributed by atoms with E-state index in [0.717, 1.165) is 4.88 Å². The zero-order chi connectivity index (χ0) is 15.1. The van der Waals surface area contributed by atoms with Gasteiger partial charge >= 0.3 is 0 Å². The molecule has 5 heteroatoms. The average Bonchev–Trinajstić information content (AvgIpc) is 2.98. The summed E-state index contributed by atoms with van der Waals surface area (Å²) in [4.78, 5) is 12.8. The number of nitrogens with two attached hydrogens (primary N) is 1. The highest BCUT2D eigenvalue weighted by Gasteiger charge is 2.07. The van der Waals surface area contributed by atoms with Gasteiger partial charge in [0.15, 0.2) is 0 Å². The number of amides is 1. The molecule has 1 aromatic heterocycles. The van der Waals surface area contributed by atoms with Crippen LogP contribution in [0.5, 0.6) is 0 Å². The zero-order valence-corrected chi connectivity index (χ0v) is 12.2. The van der Waals surface area contributed by atoms with E-state index in [-0.39, 0.29) is 24.8 Å². The molecular formula is C16H15FN2OS. The number of nitrogens with one attached hydrogen (secondary N) is 1. The molecule has 2 aromatic rings. The molecule has 108 valence electrons. The van der Waals surface area contributed by atoms with Gasteiger partial charge in [0, 0.05) is 22.5 Å². The Morgan fingerprint density at radius 1 is 1.38 bits per heavy atom. The molecule has 0 spiro atoms. The molecule has 0 unspecified atom stereocenters. The van der Waals surface area contributed by atoms with E-state index in [0.29, 0.717) is 17.5 Å². The number of hydrogen-bond donors (Lipinski definition) is 2. The van der Waals surface area contributed by atoms with Gasteiger partial charge in [0.2, 0.25) is 5.91 Å². The van der Waals surface area contributed by atoms with Gasteiger partial charge in [0.25, 0.3) is 0 Å². The molecule has 0 bridgehead atoms. The summed E-state index contributed by atoms with van der Waals surface area (Å²) in [7, 11) is 0. The maximum Gasteiger partial charge on any atom is 0.225 e. The maximum atomic E-state index is 13.7. The third kappa shape index (κ3) is 4.71. The lowest BCUT2D eigenvalue weighted by atomic mass is 10.1. The molecule has 21 heavy (non-hydrogen) atoms. The van der Waals surface area contributed by atoms with Crippen LogP contribution in [-0.2, 0) is 17.8 Å². The second-order valence-electron chi connectivity index (χ2n) is 4.34. The minimum absolute atomic E-state index is 0.129. The molecule has 3 nitrogen and oxygen atoms in total. The van der Waals surface area contributed by atoms with E-state index in [4.69, 9.17) is 5.73 Å². The molecule has 0 saturated heterocycles. The Hall–Kier alpha value is -2.16. The van der Waals surface area contributed by atoms with Crippen molar-refractivity contribution in [3.63, 3.8) is 0 Å². The largest absolute Gasteiger partial charge is 0.352 e. The normalized spacial score (nSPS) is 9.81. The van der Waals surface area contributed by atoms with Crippen LogP contribution in [0.15, 0.2) is 35.7 Å². The van der Waals surface area contributed by atoms with Crippen LogP contribution in [0.2, 0.25) is 0 Å². The van der Waals surface area contributed by atoms with Gasteiger partial charge < -0.3 is 11.1 Å². The van der Waals surface area contributed by atoms with E-state index in [2.05, 4.69) is 17.2 Å². The lowest BCUT2D eigenvalue weighted by Gasteiger charge is -2.06. The molecule has 1 heterocycles. The highest BCUT2D eigenvalue weighted by molar-refractivity contribution is 7.10. The van der Waals surface area contributed by atoms with Gasteiger partial charge in [-0.15, -0.1) is 11.3 Å². The summed E-state index contributed by atoms with van der Waals surface area (Å²) in [6, 6.07) is 8.36. The lowest BCUT2D eigenvalue weighted by Crippen LogP contribution is -2.24. The Bertz CT molecular complexity index is 671. The molecule has 1 aromatic carbocycles. The fourth-order valence-corrected chi connectivity index (χ4v) is 2.47. The number of carbonyl (C=O) groups excluding carboxylic acids is 1. The van der Waals surface area contributed by atoms with Gasteiger partial charge in [-0.2, -0.15) is 0 Å². The van der Waals surface area contributed by atoms with Crippen LogP contribution in [-0.4, -0.2) is 12.5 Å². The molecule has 0 saturated carbocycles. The number of halogens is 1. The van der Waals surface area contributed by atoms with Gasteiger partial charge in [0.05, 0.1) is 13.0 Å². The van der Waals surface area contributed by atoms with E-state index < -0.39 is 0 Å². The Kier molecular flexibility index (Phi) is 5.50. The molecular weight excluding hydrogens is 287 g/mol. The summed E-state index contributed by atoms with van der Waals surface area (Å²) in [5, 5.41) is 4.63. The van der Waals surface area contributed by atoms with Gasteiger partial charge in [-0.1, -0.05) is 17.9 Å². The van der Waals surface area contributed by atoms with Crippen molar-refractivity contribution in [2.75, 3.05) is 6.54 Å². The monoisotopic (exact) mass is 302 g/mol. The van der Waals surface area contributed by atoms with E-state index in [1.54, 1.807) is 12.1 Å². The molecule has 0 radical (unpaired) electrons. The average molecular weight is 302 g/mol. The second kappa shape index (κ2) is 7.58. The van der Waals surface area contributed by atoms with Crippen LogP contribution in [0, 0.1) is 17.7 Å². The summed E-state index contributed by atoms with van der Waals surface area (Å²) < 4.78 is 13.7. The first-order valence-corrected chi connectivity index (χ1v) is 7.33. The molecule has 0 aliphatic rings. The van der Waals surface area contributed by atoms with E-state index in [1.807, 2.05) is 17.5 Å². The van der Waals surface area contributed by atoms with E-state index in [1.165, 1.54) is 17.4 Å². The smallest absolute Gasteiger partial charge is 0.225 e. The Balaban J connectivity index is 1.97. The molecule has 0 fully saturated rings. The van der Waals surface area contributed by atoms with E-state index >= 15 is 0 Å². The topological polar surface area (TPSA) is 55.1 Å². The van der Waals surface area contributed by atoms with Crippen LogP contribution in [0.1, 0.15) is 16.0 Å². The minimum atomic E-state index is -0.357. The minimum Gasteiger partial charge on any atom is -0.352 e. The summed E-state index contributed by atoms with van der Waals surface area (Å²) in [6.45, 7) is 0.401.